The van der Waals surface area contributed by atoms with Crippen molar-refractivity contribution < 1.29 is 0 Å². The minimum absolute atomic E-state index is 0. The lowest BCUT2D eigenvalue weighted by molar-refractivity contribution is 0.572. The first kappa shape index (κ1) is 13.6. The molecule has 4 heteroatoms. The van der Waals surface area contributed by atoms with Gasteiger partial charge in [0.2, 0.25) is 0 Å². The predicted octanol–water partition coefficient (Wildman–Crippen LogP) is 2.45. The zero-order valence-electron chi connectivity index (χ0n) is 7.90. The second kappa shape index (κ2) is 5.44. The number of fused-ring (bicyclic) bond motifs is 1. The van der Waals surface area contributed by atoms with Crippen molar-refractivity contribution in [3.8, 4) is 0 Å². The lowest BCUT2D eigenvalue weighted by Gasteiger charge is -2.23. The normalized spacial score (nSPS) is 18.8. The van der Waals surface area contributed by atoms with Gasteiger partial charge in [-0.2, -0.15) is 0 Å². The smallest absolute Gasteiger partial charge is 0.0365 e. The molecular formula is C10H16Cl2N2. The van der Waals surface area contributed by atoms with E-state index in [1.165, 1.54) is 17.5 Å². The fourth-order valence-corrected chi connectivity index (χ4v) is 1.96. The third-order valence-electron chi connectivity index (χ3n) is 2.56. The fraction of sp³-hybridized carbons (Fsp3) is 0.400. The fourth-order valence-electron chi connectivity index (χ4n) is 1.96. The maximum absolute atomic E-state index is 5.97. The highest BCUT2D eigenvalue weighted by Gasteiger charge is 2.18. The van der Waals surface area contributed by atoms with Gasteiger partial charge in [0.1, 0.15) is 0 Å². The molecule has 2 nitrogen and oxygen atoms in total. The summed E-state index contributed by atoms with van der Waals surface area (Å²) in [5, 5.41) is 0. The van der Waals surface area contributed by atoms with Gasteiger partial charge < -0.3 is 11.5 Å². The van der Waals surface area contributed by atoms with Gasteiger partial charge in [-0.05, 0) is 36.5 Å². The highest BCUT2D eigenvalue weighted by molar-refractivity contribution is 5.85. The van der Waals surface area contributed by atoms with E-state index in [0.29, 0.717) is 0 Å². The number of nitrogens with two attached hydrogens (primary N) is 2. The second-order valence-electron chi connectivity index (χ2n) is 3.42. The molecule has 0 heterocycles. The van der Waals surface area contributed by atoms with Gasteiger partial charge in [-0.15, -0.1) is 24.8 Å². The lowest BCUT2D eigenvalue weighted by atomic mass is 9.87. The molecule has 1 aromatic rings. The summed E-state index contributed by atoms with van der Waals surface area (Å²) in [6.07, 6.45) is 3.40. The quantitative estimate of drug-likeness (QED) is 0.678. The first-order valence-electron chi connectivity index (χ1n) is 4.42. The molecule has 4 N–H and O–H groups in total. The van der Waals surface area contributed by atoms with Gasteiger partial charge in [-0.1, -0.05) is 12.1 Å². The summed E-state index contributed by atoms with van der Waals surface area (Å²) in [6.45, 7) is 0. The van der Waals surface area contributed by atoms with Crippen molar-refractivity contribution in [3.05, 3.63) is 29.3 Å². The number of rotatable bonds is 0. The van der Waals surface area contributed by atoms with Crippen LogP contribution in [0.5, 0.6) is 0 Å². The summed E-state index contributed by atoms with van der Waals surface area (Å²) in [7, 11) is 0. The van der Waals surface area contributed by atoms with Crippen molar-refractivity contribution >= 4 is 30.5 Å². The lowest BCUT2D eigenvalue weighted by Crippen LogP contribution is -2.18. The van der Waals surface area contributed by atoms with Gasteiger partial charge in [-0.25, -0.2) is 0 Å². The van der Waals surface area contributed by atoms with E-state index in [1.54, 1.807) is 0 Å². The Bertz CT molecular complexity index is 302. The third kappa shape index (κ3) is 2.32. The molecule has 80 valence electrons. The molecule has 1 atom stereocenters. The van der Waals surface area contributed by atoms with Crippen LogP contribution >= 0.6 is 24.8 Å². The van der Waals surface area contributed by atoms with Crippen LogP contribution in [0.15, 0.2) is 18.2 Å². The molecule has 0 bridgehead atoms. The van der Waals surface area contributed by atoms with Crippen LogP contribution < -0.4 is 11.5 Å². The summed E-state index contributed by atoms with van der Waals surface area (Å²) in [6, 6.07) is 6.23. The zero-order valence-corrected chi connectivity index (χ0v) is 9.53. The van der Waals surface area contributed by atoms with E-state index in [0.717, 1.165) is 18.5 Å². The van der Waals surface area contributed by atoms with E-state index in [9.17, 15) is 0 Å². The van der Waals surface area contributed by atoms with Crippen LogP contribution in [-0.2, 0) is 6.42 Å². The van der Waals surface area contributed by atoms with Gasteiger partial charge in [-0.3, -0.25) is 0 Å². The molecular weight excluding hydrogens is 219 g/mol. The van der Waals surface area contributed by atoms with Gasteiger partial charge >= 0.3 is 0 Å². The van der Waals surface area contributed by atoms with Gasteiger partial charge in [0, 0.05) is 11.7 Å². The highest BCUT2D eigenvalue weighted by atomic mass is 35.5. The first-order valence-corrected chi connectivity index (χ1v) is 4.42. The van der Waals surface area contributed by atoms with Crippen LogP contribution in [0.25, 0.3) is 0 Å². The maximum Gasteiger partial charge on any atom is 0.0365 e. The van der Waals surface area contributed by atoms with E-state index in [1.807, 2.05) is 12.1 Å². The SMILES string of the molecule is Cl.Cl.Nc1cccc2c1C(N)CCC2. The van der Waals surface area contributed by atoms with Crippen LogP contribution in [0.4, 0.5) is 5.69 Å². The van der Waals surface area contributed by atoms with Gasteiger partial charge in [0.05, 0.1) is 0 Å². The summed E-state index contributed by atoms with van der Waals surface area (Å²) >= 11 is 0. The molecule has 1 aliphatic rings. The molecule has 0 saturated heterocycles. The van der Waals surface area contributed by atoms with Crippen LogP contribution in [-0.4, -0.2) is 0 Å². The highest BCUT2D eigenvalue weighted by Crippen LogP contribution is 2.31. The van der Waals surface area contributed by atoms with Gasteiger partial charge in [0.25, 0.3) is 0 Å². The average molecular weight is 235 g/mol. The van der Waals surface area contributed by atoms with E-state index >= 15 is 0 Å². The van der Waals surface area contributed by atoms with Crippen LogP contribution in [0.1, 0.15) is 30.0 Å². The standard InChI is InChI=1S/C10H14N2.2ClH/c11-8-5-1-3-7-4-2-6-9(12)10(7)8;;/h1,3,5,9H,2,4,6,11-12H2;2*1H. The van der Waals surface area contributed by atoms with Gasteiger partial charge in [0.15, 0.2) is 0 Å². The Balaban J connectivity index is 0.000000845. The molecule has 0 saturated carbocycles. The van der Waals surface area contributed by atoms with E-state index in [2.05, 4.69) is 6.07 Å². The maximum atomic E-state index is 5.97. The second-order valence-corrected chi connectivity index (χ2v) is 3.42. The molecule has 1 unspecified atom stereocenters. The summed E-state index contributed by atoms with van der Waals surface area (Å²) in [4.78, 5) is 0. The zero-order chi connectivity index (χ0) is 8.55. The Kier molecular flexibility index (Phi) is 5.27. The molecule has 2 rings (SSSR count). The number of benzene rings is 1. The molecule has 1 aliphatic carbocycles. The Morgan fingerprint density at radius 3 is 2.57 bits per heavy atom. The van der Waals surface area contributed by atoms with Crippen molar-refractivity contribution in [2.45, 2.75) is 25.3 Å². The molecule has 0 spiro atoms. The number of halogens is 2. The number of anilines is 1. The van der Waals surface area contributed by atoms with E-state index in [-0.39, 0.29) is 30.9 Å². The van der Waals surface area contributed by atoms with E-state index in [4.69, 9.17) is 11.5 Å². The van der Waals surface area contributed by atoms with Crippen LogP contribution in [0, 0.1) is 0 Å². The van der Waals surface area contributed by atoms with E-state index < -0.39 is 0 Å². The predicted molar refractivity (Wildman–Crippen MR) is 65.2 cm³/mol. The van der Waals surface area contributed by atoms with Crippen molar-refractivity contribution in [1.29, 1.82) is 0 Å². The Hall–Kier alpha value is -0.440. The summed E-state index contributed by atoms with van der Waals surface area (Å²) in [5.74, 6) is 0. The van der Waals surface area contributed by atoms with Crippen LogP contribution in [0.2, 0.25) is 0 Å². The Morgan fingerprint density at radius 2 is 1.93 bits per heavy atom. The summed E-state index contributed by atoms with van der Waals surface area (Å²) in [5.41, 5.74) is 15.2. The topological polar surface area (TPSA) is 52.0 Å². The van der Waals surface area contributed by atoms with Crippen molar-refractivity contribution in [3.63, 3.8) is 0 Å². The number of aryl methyl sites for hydroxylation is 1. The number of hydrogen-bond donors (Lipinski definition) is 2. The number of nitrogen functional groups attached to an aromatic ring is 1. The largest absolute Gasteiger partial charge is 0.398 e. The molecule has 0 radical (unpaired) electrons. The molecule has 14 heavy (non-hydrogen) atoms. The minimum Gasteiger partial charge on any atom is -0.398 e. The minimum atomic E-state index is 0. The summed E-state index contributed by atoms with van der Waals surface area (Å²) < 4.78 is 0. The Labute approximate surface area is 96.9 Å². The monoisotopic (exact) mass is 234 g/mol. The van der Waals surface area contributed by atoms with Crippen molar-refractivity contribution in [1.82, 2.24) is 0 Å². The molecule has 1 aromatic carbocycles. The Morgan fingerprint density at radius 1 is 1.21 bits per heavy atom. The molecule has 0 amide bonds. The van der Waals surface area contributed by atoms with Crippen LogP contribution in [0.3, 0.4) is 0 Å². The molecule has 0 aliphatic heterocycles. The average Bonchev–Trinajstić information content (AvgIpc) is 2.04. The number of hydrogen-bond acceptors (Lipinski definition) is 2. The van der Waals surface area contributed by atoms with Crippen molar-refractivity contribution in [2.75, 3.05) is 5.73 Å². The van der Waals surface area contributed by atoms with Crippen molar-refractivity contribution in [2.24, 2.45) is 5.73 Å². The third-order valence-corrected chi connectivity index (χ3v) is 2.56. The molecule has 0 fully saturated rings. The molecule has 0 aromatic heterocycles. The first-order chi connectivity index (χ1) is 5.79.